The third-order valence-corrected chi connectivity index (χ3v) is 15.9. The van der Waals surface area contributed by atoms with Gasteiger partial charge in [-0.3, -0.25) is 0 Å². The summed E-state index contributed by atoms with van der Waals surface area (Å²) in [7, 11) is 0. The zero-order chi connectivity index (χ0) is 38.2. The van der Waals surface area contributed by atoms with Gasteiger partial charge in [0.1, 0.15) is 35.4 Å². The highest BCUT2D eigenvalue weighted by Crippen LogP contribution is 2.53. The molecule has 9 aromatic rings. The summed E-state index contributed by atoms with van der Waals surface area (Å²) in [6, 6.07) is 50.3. The van der Waals surface area contributed by atoms with E-state index in [2.05, 4.69) is 109 Å². The molecule has 6 heterocycles. The summed E-state index contributed by atoms with van der Waals surface area (Å²) in [5.74, 6) is 0. The lowest BCUT2D eigenvalue weighted by Crippen LogP contribution is -1.96. The molecule has 56 heavy (non-hydrogen) atoms. The van der Waals surface area contributed by atoms with Gasteiger partial charge < -0.3 is 0 Å². The highest BCUT2D eigenvalue weighted by molar-refractivity contribution is 7.28. The molecule has 0 spiro atoms. The second-order valence-electron chi connectivity index (χ2n) is 12.5. The van der Waals surface area contributed by atoms with Crippen LogP contribution in [0.1, 0.15) is 9.75 Å². The smallest absolute Gasteiger partial charge is 0.146 e. The summed E-state index contributed by atoms with van der Waals surface area (Å²) in [4.78, 5) is 7.01. The molecule has 0 aliphatic heterocycles. The average molecular weight is 823 g/mol. The van der Waals surface area contributed by atoms with Crippen LogP contribution >= 0.6 is 68.0 Å². The first-order valence-corrected chi connectivity index (χ1v) is 22.0. The molecule has 6 aromatic heterocycles. The Labute approximate surface area is 345 Å². The van der Waals surface area contributed by atoms with E-state index in [1.54, 1.807) is 22.7 Å². The van der Waals surface area contributed by atoms with Crippen LogP contribution in [0.2, 0.25) is 0 Å². The van der Waals surface area contributed by atoms with Crippen molar-refractivity contribution < 1.29 is 0 Å². The normalized spacial score (nSPS) is 11.7. The number of thiophene rings is 6. The maximum Gasteiger partial charge on any atom is 0.146 e. The van der Waals surface area contributed by atoms with Gasteiger partial charge in [0, 0.05) is 69.6 Å². The van der Waals surface area contributed by atoms with E-state index in [1.165, 1.54) is 84.6 Å². The van der Waals surface area contributed by atoms with Crippen LogP contribution in [0, 0.1) is 45.3 Å². The Bertz CT molecular complexity index is 3100. The molecular weight excluding hydrogens is 801 g/mol. The highest BCUT2D eigenvalue weighted by Gasteiger charge is 2.23. The molecule has 3 aromatic carbocycles. The van der Waals surface area contributed by atoms with Crippen molar-refractivity contribution in [1.29, 1.82) is 21.0 Å². The monoisotopic (exact) mass is 822 g/mol. The van der Waals surface area contributed by atoms with Crippen molar-refractivity contribution in [2.24, 2.45) is 0 Å². The van der Waals surface area contributed by atoms with Crippen LogP contribution < -0.4 is 18.1 Å². The van der Waals surface area contributed by atoms with Crippen LogP contribution in [-0.2, 0) is 0 Å². The molecule has 9 rings (SSSR count). The number of hydrogen-bond donors (Lipinski definition) is 0. The fourth-order valence-corrected chi connectivity index (χ4v) is 13.1. The molecule has 262 valence electrons. The minimum absolute atomic E-state index is 0.137. The van der Waals surface area contributed by atoms with Crippen molar-refractivity contribution >= 4 is 111 Å². The van der Waals surface area contributed by atoms with Gasteiger partial charge in [0.05, 0.1) is 9.06 Å². The molecule has 0 fully saturated rings. The fraction of sp³-hybridized carbons (Fsp3) is 0. The van der Waals surface area contributed by atoms with E-state index in [4.69, 9.17) is 0 Å². The minimum Gasteiger partial charge on any atom is -0.192 e. The molecule has 0 saturated carbocycles. The number of benzene rings is 3. The van der Waals surface area contributed by atoms with Gasteiger partial charge in [-0.05, 0) is 83.9 Å². The Morgan fingerprint density at radius 2 is 0.821 bits per heavy atom. The van der Waals surface area contributed by atoms with Crippen molar-refractivity contribution in [1.82, 2.24) is 0 Å². The van der Waals surface area contributed by atoms with Gasteiger partial charge in [0.2, 0.25) is 0 Å². The van der Waals surface area contributed by atoms with Crippen molar-refractivity contribution in [3.05, 3.63) is 149 Å². The Morgan fingerprint density at radius 1 is 0.411 bits per heavy atom. The SMILES string of the molecule is N#CC(C#N)=c1cc/c(=C/c2ccc(-c3cc4c(-c5ccccc5)c5sc(-c6ccc(/C=c7/ccc(=C(C#N)C#N)s7)s6)cc5c(-c5ccccc5)c4s3)s2)s1. The van der Waals surface area contributed by atoms with Crippen molar-refractivity contribution in [3.8, 4) is 66.0 Å². The van der Waals surface area contributed by atoms with Crippen LogP contribution in [0.25, 0.3) is 85.2 Å². The summed E-state index contributed by atoms with van der Waals surface area (Å²) < 4.78 is 5.87. The lowest BCUT2D eigenvalue weighted by Gasteiger charge is -2.12. The number of hydrogen-bond acceptors (Lipinski definition) is 10. The molecule has 0 amide bonds. The largest absolute Gasteiger partial charge is 0.192 e. The first-order valence-electron chi connectivity index (χ1n) is 17.1. The van der Waals surface area contributed by atoms with E-state index in [9.17, 15) is 21.0 Å². The molecule has 0 unspecified atom stereocenters. The topological polar surface area (TPSA) is 95.2 Å². The van der Waals surface area contributed by atoms with Crippen molar-refractivity contribution in [2.45, 2.75) is 0 Å². The van der Waals surface area contributed by atoms with Crippen LogP contribution in [0.15, 0.2) is 121 Å². The first kappa shape index (κ1) is 35.5. The predicted molar refractivity (Wildman–Crippen MR) is 238 cm³/mol. The van der Waals surface area contributed by atoms with E-state index in [0.717, 1.165) is 18.8 Å². The average Bonchev–Trinajstić information content (AvgIpc) is 4.09. The van der Waals surface area contributed by atoms with Gasteiger partial charge in [-0.15, -0.1) is 68.0 Å². The number of nitrogens with zero attached hydrogens (tertiary/aromatic N) is 4. The molecule has 0 radical (unpaired) electrons. The molecule has 0 atom stereocenters. The van der Waals surface area contributed by atoms with E-state index in [0.29, 0.717) is 9.06 Å². The number of nitriles is 4. The van der Waals surface area contributed by atoms with Crippen LogP contribution in [0.4, 0.5) is 0 Å². The second kappa shape index (κ2) is 15.2. The lowest BCUT2D eigenvalue weighted by molar-refractivity contribution is 1.51. The van der Waals surface area contributed by atoms with Crippen LogP contribution in [-0.4, -0.2) is 0 Å². The maximum absolute atomic E-state index is 9.31. The van der Waals surface area contributed by atoms with E-state index in [-0.39, 0.29) is 11.1 Å². The fourth-order valence-electron chi connectivity index (χ4n) is 6.60. The summed E-state index contributed by atoms with van der Waals surface area (Å²) >= 11 is 10.0. The van der Waals surface area contributed by atoms with E-state index < -0.39 is 0 Å². The van der Waals surface area contributed by atoms with Crippen molar-refractivity contribution in [3.63, 3.8) is 0 Å². The Balaban J connectivity index is 1.21. The van der Waals surface area contributed by atoms with Crippen LogP contribution in [0.3, 0.4) is 0 Å². The maximum atomic E-state index is 9.31. The van der Waals surface area contributed by atoms with Gasteiger partial charge in [0.15, 0.2) is 0 Å². The van der Waals surface area contributed by atoms with Crippen molar-refractivity contribution in [2.75, 3.05) is 0 Å². The molecule has 4 nitrogen and oxygen atoms in total. The summed E-state index contributed by atoms with van der Waals surface area (Å²) in [5, 5.41) is 39.7. The Morgan fingerprint density at radius 3 is 1.21 bits per heavy atom. The van der Waals surface area contributed by atoms with E-state index in [1.807, 2.05) is 71.2 Å². The number of rotatable bonds is 6. The first-order chi connectivity index (χ1) is 27.5. The standard InChI is InChI=1S/C46H22N4S6/c47-23-29(24-48)37-15-11-31(51-37)19-33-13-17-39(53-33)41-21-35-43(27-7-3-1-4-8-27)45-36(44(46(35)56-41)28-9-5-2-6-10-28)22-42(55-45)40-18-14-34(54-40)20-32-12-16-38(52-32)30(25-49)26-50/h1-22H/b31-19-,32-20-. The third kappa shape index (κ3) is 6.62. The zero-order valence-corrected chi connectivity index (χ0v) is 33.8. The third-order valence-electron chi connectivity index (χ3n) is 9.08. The molecule has 0 bridgehead atoms. The molecular formula is C46H22N4S6. The summed E-state index contributed by atoms with van der Waals surface area (Å²) in [6.07, 6.45) is 4.24. The minimum atomic E-state index is 0.137. The highest BCUT2D eigenvalue weighted by atomic mass is 32.1. The Hall–Kier alpha value is -6.18. The lowest BCUT2D eigenvalue weighted by atomic mass is 9.93. The second-order valence-corrected chi connectivity index (χ2v) is 19.0. The van der Waals surface area contributed by atoms with E-state index >= 15 is 0 Å². The Kier molecular flexibility index (Phi) is 9.61. The van der Waals surface area contributed by atoms with Crippen LogP contribution in [0.5, 0.6) is 0 Å². The van der Waals surface area contributed by atoms with Gasteiger partial charge in [0.25, 0.3) is 0 Å². The molecule has 0 saturated heterocycles. The number of fused-ring (bicyclic) bond motifs is 2. The molecule has 10 heteroatoms. The van der Waals surface area contributed by atoms with Gasteiger partial charge in [-0.2, -0.15) is 21.0 Å². The molecule has 0 aliphatic rings. The van der Waals surface area contributed by atoms with Gasteiger partial charge >= 0.3 is 0 Å². The molecule has 0 N–H and O–H groups in total. The summed E-state index contributed by atoms with van der Waals surface area (Å²) in [5.41, 5.74) is 5.11. The van der Waals surface area contributed by atoms with Gasteiger partial charge in [-0.25, -0.2) is 0 Å². The zero-order valence-electron chi connectivity index (χ0n) is 28.9. The predicted octanol–water partition coefficient (Wildman–Crippen LogP) is 11.1. The van der Waals surface area contributed by atoms with Gasteiger partial charge in [-0.1, -0.05) is 60.7 Å². The summed E-state index contributed by atoms with van der Waals surface area (Å²) in [6.45, 7) is 0. The quantitative estimate of drug-likeness (QED) is 0.167. The molecule has 0 aliphatic carbocycles.